The molecule has 0 radical (unpaired) electrons. The summed E-state index contributed by atoms with van der Waals surface area (Å²) in [5.41, 5.74) is 3.32. The number of nitrogens with one attached hydrogen (secondary N) is 1. The van der Waals surface area contributed by atoms with E-state index in [2.05, 4.69) is 5.43 Å². The molecule has 4 rings (SSSR count). The van der Waals surface area contributed by atoms with Crippen molar-refractivity contribution in [3.63, 3.8) is 0 Å². The lowest BCUT2D eigenvalue weighted by molar-refractivity contribution is -0.137. The molecule has 3 N–H and O–H groups in total. The van der Waals surface area contributed by atoms with Crippen molar-refractivity contribution in [1.82, 2.24) is 5.43 Å². The Balaban J connectivity index is 1.85. The van der Waals surface area contributed by atoms with Gasteiger partial charge in [-0.2, -0.15) is 0 Å². The molecular formula is C16H22N2O3S. The Bertz CT molecular complexity index is 670. The van der Waals surface area contributed by atoms with Crippen LogP contribution in [0, 0.1) is 5.41 Å². The van der Waals surface area contributed by atoms with E-state index >= 15 is 0 Å². The number of rotatable bonds is 3. The Morgan fingerprint density at radius 1 is 1.05 bits per heavy atom. The second kappa shape index (κ2) is 5.06. The molecule has 120 valence electrons. The summed E-state index contributed by atoms with van der Waals surface area (Å²) in [6, 6.07) is 7.28. The summed E-state index contributed by atoms with van der Waals surface area (Å²) in [7, 11) is -3.16. The molecule has 1 aromatic carbocycles. The largest absolute Gasteiger partial charge is 0.294 e. The Labute approximate surface area is 131 Å². The average Bonchev–Trinajstić information content (AvgIpc) is 2.55. The van der Waals surface area contributed by atoms with Crippen LogP contribution < -0.4 is 11.3 Å². The SMILES string of the molecule is CS(=O)(=O)c1ccc(C23CCC(C(=O)NN)(CC2)CC3)cc1. The summed E-state index contributed by atoms with van der Waals surface area (Å²) in [4.78, 5) is 12.4. The summed E-state index contributed by atoms with van der Waals surface area (Å²) in [6.07, 6.45) is 6.65. The van der Waals surface area contributed by atoms with E-state index in [0.717, 1.165) is 38.5 Å². The van der Waals surface area contributed by atoms with E-state index in [9.17, 15) is 13.2 Å². The van der Waals surface area contributed by atoms with E-state index in [1.54, 1.807) is 12.1 Å². The number of fused-ring (bicyclic) bond motifs is 3. The van der Waals surface area contributed by atoms with E-state index in [1.807, 2.05) is 12.1 Å². The molecule has 0 heterocycles. The van der Waals surface area contributed by atoms with Gasteiger partial charge in [0.1, 0.15) is 0 Å². The first-order valence-corrected chi connectivity index (χ1v) is 9.52. The van der Waals surface area contributed by atoms with Crippen LogP contribution >= 0.6 is 0 Å². The van der Waals surface area contributed by atoms with Gasteiger partial charge in [0.15, 0.2) is 9.84 Å². The zero-order valence-corrected chi connectivity index (χ0v) is 13.6. The number of amides is 1. The van der Waals surface area contributed by atoms with Gasteiger partial charge in [0.05, 0.1) is 10.3 Å². The number of nitrogens with two attached hydrogens (primary N) is 1. The molecule has 5 nitrogen and oxygen atoms in total. The van der Waals surface area contributed by atoms with Crippen molar-refractivity contribution in [3.05, 3.63) is 29.8 Å². The Hall–Kier alpha value is -1.40. The van der Waals surface area contributed by atoms with E-state index in [4.69, 9.17) is 5.84 Å². The number of hydrazine groups is 1. The molecule has 3 fully saturated rings. The molecule has 22 heavy (non-hydrogen) atoms. The van der Waals surface area contributed by atoms with Crippen LogP contribution in [-0.2, 0) is 20.0 Å². The second-order valence-electron chi connectivity index (χ2n) is 6.83. The van der Waals surface area contributed by atoms with Crippen LogP contribution in [0.25, 0.3) is 0 Å². The highest BCUT2D eigenvalue weighted by molar-refractivity contribution is 7.90. The fourth-order valence-electron chi connectivity index (χ4n) is 4.17. The molecule has 2 bridgehead atoms. The summed E-state index contributed by atoms with van der Waals surface area (Å²) in [6.45, 7) is 0. The van der Waals surface area contributed by atoms with Crippen molar-refractivity contribution in [2.24, 2.45) is 11.3 Å². The lowest BCUT2D eigenvalue weighted by atomic mass is 9.51. The van der Waals surface area contributed by atoms with Gasteiger partial charge in [-0.05, 0) is 61.6 Å². The Morgan fingerprint density at radius 2 is 1.55 bits per heavy atom. The van der Waals surface area contributed by atoms with Crippen molar-refractivity contribution in [2.75, 3.05) is 6.26 Å². The third-order valence-electron chi connectivity index (χ3n) is 5.75. The molecule has 0 aliphatic heterocycles. The summed E-state index contributed by atoms with van der Waals surface area (Å²) in [5.74, 6) is 5.29. The number of hydrogen-bond donors (Lipinski definition) is 2. The number of benzene rings is 1. The lowest BCUT2D eigenvalue weighted by Crippen LogP contribution is -2.53. The highest BCUT2D eigenvalue weighted by Gasteiger charge is 2.52. The van der Waals surface area contributed by atoms with E-state index < -0.39 is 9.84 Å². The van der Waals surface area contributed by atoms with Crippen LogP contribution in [0.1, 0.15) is 44.1 Å². The van der Waals surface area contributed by atoms with Gasteiger partial charge in [0.25, 0.3) is 0 Å². The van der Waals surface area contributed by atoms with Crippen LogP contribution in [-0.4, -0.2) is 20.6 Å². The van der Waals surface area contributed by atoms with Gasteiger partial charge in [0, 0.05) is 6.26 Å². The minimum absolute atomic E-state index is 0.0341. The Morgan fingerprint density at radius 3 is 1.95 bits per heavy atom. The van der Waals surface area contributed by atoms with E-state index in [0.29, 0.717) is 4.90 Å². The molecule has 0 aromatic heterocycles. The summed E-state index contributed by atoms with van der Waals surface area (Å²) in [5, 5.41) is 0. The van der Waals surface area contributed by atoms with Gasteiger partial charge in [-0.3, -0.25) is 10.2 Å². The molecule has 0 saturated heterocycles. The number of carbonyl (C=O) groups is 1. The normalized spacial score (nSPS) is 31.0. The van der Waals surface area contributed by atoms with Crippen LogP contribution in [0.4, 0.5) is 0 Å². The summed E-state index contributed by atoms with van der Waals surface area (Å²) < 4.78 is 23.1. The van der Waals surface area contributed by atoms with Gasteiger partial charge in [0.2, 0.25) is 5.91 Å². The number of carbonyl (C=O) groups excluding carboxylic acids is 1. The maximum absolute atomic E-state index is 12.0. The van der Waals surface area contributed by atoms with E-state index in [1.165, 1.54) is 11.8 Å². The first kappa shape index (κ1) is 15.5. The van der Waals surface area contributed by atoms with Crippen LogP contribution in [0.15, 0.2) is 29.2 Å². The van der Waals surface area contributed by atoms with Gasteiger partial charge in [-0.1, -0.05) is 12.1 Å². The highest BCUT2D eigenvalue weighted by Crippen LogP contribution is 2.57. The van der Waals surface area contributed by atoms with Gasteiger partial charge in [-0.25, -0.2) is 14.3 Å². The maximum Gasteiger partial charge on any atom is 0.240 e. The zero-order valence-electron chi connectivity index (χ0n) is 12.8. The van der Waals surface area contributed by atoms with Gasteiger partial charge in [-0.15, -0.1) is 0 Å². The van der Waals surface area contributed by atoms with Crippen LogP contribution in [0.2, 0.25) is 0 Å². The first-order chi connectivity index (χ1) is 10.3. The average molecular weight is 322 g/mol. The molecule has 3 aliphatic carbocycles. The van der Waals surface area contributed by atoms with Crippen molar-refractivity contribution in [1.29, 1.82) is 0 Å². The number of sulfone groups is 1. The van der Waals surface area contributed by atoms with Crippen molar-refractivity contribution >= 4 is 15.7 Å². The predicted octanol–water partition coefficient (Wildman–Crippen LogP) is 1.67. The monoisotopic (exact) mass is 322 g/mol. The zero-order chi connectivity index (χ0) is 16.0. The smallest absolute Gasteiger partial charge is 0.240 e. The van der Waals surface area contributed by atoms with Crippen molar-refractivity contribution in [3.8, 4) is 0 Å². The third-order valence-corrected chi connectivity index (χ3v) is 6.88. The van der Waals surface area contributed by atoms with Gasteiger partial charge < -0.3 is 0 Å². The molecular weight excluding hydrogens is 300 g/mol. The predicted molar refractivity (Wildman–Crippen MR) is 83.7 cm³/mol. The maximum atomic E-state index is 12.0. The minimum atomic E-state index is -3.16. The minimum Gasteiger partial charge on any atom is -0.294 e. The molecule has 3 saturated carbocycles. The quantitative estimate of drug-likeness (QED) is 0.503. The Kier molecular flexibility index (Phi) is 3.57. The molecule has 1 amide bonds. The van der Waals surface area contributed by atoms with Crippen LogP contribution in [0.3, 0.4) is 0 Å². The molecule has 6 heteroatoms. The van der Waals surface area contributed by atoms with E-state index in [-0.39, 0.29) is 16.7 Å². The standard InChI is InChI=1S/C16H22N2O3S/c1-22(20,21)13-4-2-12(3-5-13)15-6-9-16(10-7-15,11-8-15)14(19)18-17/h2-5H,6-11,17H2,1H3,(H,18,19). The lowest BCUT2D eigenvalue weighted by Gasteiger charge is -2.52. The first-order valence-electron chi connectivity index (χ1n) is 7.63. The molecule has 3 aliphatic rings. The highest BCUT2D eigenvalue weighted by atomic mass is 32.2. The molecule has 0 atom stereocenters. The molecule has 1 aromatic rings. The van der Waals surface area contributed by atoms with Crippen molar-refractivity contribution < 1.29 is 13.2 Å². The van der Waals surface area contributed by atoms with Crippen molar-refractivity contribution in [2.45, 2.75) is 48.8 Å². The topological polar surface area (TPSA) is 89.3 Å². The second-order valence-corrected chi connectivity index (χ2v) is 8.85. The fraction of sp³-hybridized carbons (Fsp3) is 0.562. The van der Waals surface area contributed by atoms with Gasteiger partial charge >= 0.3 is 0 Å². The molecule has 0 unspecified atom stereocenters. The molecule has 0 spiro atoms. The fourth-order valence-corrected chi connectivity index (χ4v) is 4.80. The summed E-state index contributed by atoms with van der Waals surface area (Å²) >= 11 is 0. The number of hydrogen-bond acceptors (Lipinski definition) is 4. The third kappa shape index (κ3) is 2.34. The van der Waals surface area contributed by atoms with Crippen LogP contribution in [0.5, 0.6) is 0 Å².